The lowest BCUT2D eigenvalue weighted by atomic mass is 10.0. The van der Waals surface area contributed by atoms with E-state index in [0.717, 1.165) is 50.7 Å². The molecule has 1 aliphatic heterocycles. The topological polar surface area (TPSA) is 46.0 Å². The molecule has 0 amide bonds. The molecular formula is C21H25N5. The fourth-order valence-electron chi connectivity index (χ4n) is 3.66. The number of fused-ring (bicyclic) bond motifs is 1. The lowest BCUT2D eigenvalue weighted by Gasteiger charge is -2.23. The van der Waals surface area contributed by atoms with E-state index < -0.39 is 0 Å². The summed E-state index contributed by atoms with van der Waals surface area (Å²) in [6.07, 6.45) is 7.03. The van der Waals surface area contributed by atoms with E-state index in [2.05, 4.69) is 55.2 Å². The zero-order chi connectivity index (χ0) is 17.6. The third-order valence-corrected chi connectivity index (χ3v) is 4.92. The van der Waals surface area contributed by atoms with E-state index >= 15 is 0 Å². The fourth-order valence-corrected chi connectivity index (χ4v) is 3.66. The van der Waals surface area contributed by atoms with Crippen LogP contribution < -0.4 is 5.32 Å². The maximum Gasteiger partial charge on any atom is 0.125 e. The van der Waals surface area contributed by atoms with Gasteiger partial charge in [-0.25, -0.2) is 4.98 Å². The predicted molar refractivity (Wildman–Crippen MR) is 104 cm³/mol. The third kappa shape index (κ3) is 4.29. The van der Waals surface area contributed by atoms with E-state index in [9.17, 15) is 0 Å². The van der Waals surface area contributed by atoms with Crippen LogP contribution in [0.5, 0.6) is 0 Å². The molecule has 0 aromatic carbocycles. The molecule has 134 valence electrons. The second-order valence-corrected chi connectivity index (χ2v) is 6.94. The number of hydrogen-bond donors (Lipinski definition) is 1. The highest BCUT2D eigenvalue weighted by Crippen LogP contribution is 2.21. The van der Waals surface area contributed by atoms with Crippen molar-refractivity contribution in [3.63, 3.8) is 0 Å². The molecule has 0 spiro atoms. The molecule has 0 aliphatic carbocycles. The van der Waals surface area contributed by atoms with Crippen LogP contribution >= 0.6 is 0 Å². The average Bonchev–Trinajstić information content (AvgIpc) is 3.03. The Labute approximate surface area is 154 Å². The molecule has 3 aromatic heterocycles. The Bertz CT molecular complexity index is 800. The summed E-state index contributed by atoms with van der Waals surface area (Å²) in [7, 11) is 0. The first kappa shape index (κ1) is 16.8. The lowest BCUT2D eigenvalue weighted by Crippen LogP contribution is -2.29. The highest BCUT2D eigenvalue weighted by molar-refractivity contribution is 5.32. The van der Waals surface area contributed by atoms with Gasteiger partial charge < -0.3 is 9.88 Å². The van der Waals surface area contributed by atoms with E-state index in [-0.39, 0.29) is 0 Å². The zero-order valence-corrected chi connectivity index (χ0v) is 15.0. The molecule has 0 bridgehead atoms. The molecule has 0 radical (unpaired) electrons. The van der Waals surface area contributed by atoms with Crippen molar-refractivity contribution in [2.45, 2.75) is 26.1 Å². The molecule has 0 saturated heterocycles. The number of nitrogens with zero attached hydrogens (tertiary/aromatic N) is 4. The minimum absolute atomic E-state index is 0.601. The highest BCUT2D eigenvalue weighted by Gasteiger charge is 2.21. The SMILES string of the molecule is c1ccc(CN2Cc3cccn3CC(CCNc3ccccn3)C2)nc1. The van der Waals surface area contributed by atoms with Crippen LogP contribution in [0.15, 0.2) is 67.1 Å². The minimum Gasteiger partial charge on any atom is -0.370 e. The Balaban J connectivity index is 1.40. The number of hydrogen-bond acceptors (Lipinski definition) is 4. The molecule has 1 atom stereocenters. The van der Waals surface area contributed by atoms with Crippen LogP contribution in [-0.4, -0.2) is 32.5 Å². The molecule has 3 aromatic rings. The second-order valence-electron chi connectivity index (χ2n) is 6.94. The van der Waals surface area contributed by atoms with Crippen LogP contribution in [0.4, 0.5) is 5.82 Å². The van der Waals surface area contributed by atoms with Gasteiger partial charge in [0.1, 0.15) is 5.82 Å². The lowest BCUT2D eigenvalue weighted by molar-refractivity contribution is 0.215. The summed E-state index contributed by atoms with van der Waals surface area (Å²) in [5.74, 6) is 1.55. The van der Waals surface area contributed by atoms with Gasteiger partial charge in [-0.3, -0.25) is 9.88 Å². The Morgan fingerprint density at radius 3 is 2.65 bits per heavy atom. The summed E-state index contributed by atoms with van der Waals surface area (Å²) >= 11 is 0. The van der Waals surface area contributed by atoms with Gasteiger partial charge in [0.15, 0.2) is 0 Å². The standard InChI is InChI=1S/C21H25N5/c1-3-10-22-19(6-1)16-25-14-18(15-26-13-5-7-20(26)17-25)9-12-24-21-8-2-4-11-23-21/h1-8,10-11,13,18H,9,12,14-17H2,(H,23,24). The Morgan fingerprint density at radius 2 is 1.85 bits per heavy atom. The van der Waals surface area contributed by atoms with Crippen molar-refractivity contribution < 1.29 is 0 Å². The van der Waals surface area contributed by atoms with Crippen molar-refractivity contribution in [1.29, 1.82) is 0 Å². The molecule has 4 rings (SSSR count). The van der Waals surface area contributed by atoms with Crippen molar-refractivity contribution in [3.05, 3.63) is 78.5 Å². The molecular weight excluding hydrogens is 322 g/mol. The molecule has 26 heavy (non-hydrogen) atoms. The largest absolute Gasteiger partial charge is 0.370 e. The number of pyridine rings is 2. The molecule has 1 aliphatic rings. The van der Waals surface area contributed by atoms with Gasteiger partial charge in [0.25, 0.3) is 0 Å². The van der Waals surface area contributed by atoms with Gasteiger partial charge in [-0.2, -0.15) is 0 Å². The predicted octanol–water partition coefficient (Wildman–Crippen LogP) is 3.41. The Kier molecular flexibility index (Phi) is 5.26. The first-order chi connectivity index (χ1) is 12.9. The average molecular weight is 347 g/mol. The smallest absolute Gasteiger partial charge is 0.125 e. The van der Waals surface area contributed by atoms with Crippen LogP contribution in [0, 0.1) is 5.92 Å². The minimum atomic E-state index is 0.601. The third-order valence-electron chi connectivity index (χ3n) is 4.92. The van der Waals surface area contributed by atoms with Crippen molar-refractivity contribution in [2.24, 2.45) is 5.92 Å². The number of nitrogens with one attached hydrogen (secondary N) is 1. The van der Waals surface area contributed by atoms with Gasteiger partial charge in [-0.1, -0.05) is 12.1 Å². The van der Waals surface area contributed by atoms with Crippen LogP contribution in [0.25, 0.3) is 0 Å². The van der Waals surface area contributed by atoms with E-state index in [1.807, 2.05) is 36.7 Å². The van der Waals surface area contributed by atoms with E-state index in [1.54, 1.807) is 0 Å². The van der Waals surface area contributed by atoms with Gasteiger partial charge >= 0.3 is 0 Å². The van der Waals surface area contributed by atoms with Crippen molar-refractivity contribution >= 4 is 5.82 Å². The van der Waals surface area contributed by atoms with E-state index in [4.69, 9.17) is 0 Å². The van der Waals surface area contributed by atoms with E-state index in [1.165, 1.54) is 5.69 Å². The van der Waals surface area contributed by atoms with Gasteiger partial charge in [0.05, 0.1) is 5.69 Å². The van der Waals surface area contributed by atoms with Gasteiger partial charge in [0, 0.05) is 57.0 Å². The fraction of sp³-hybridized carbons (Fsp3) is 0.333. The Hall–Kier alpha value is -2.66. The summed E-state index contributed by atoms with van der Waals surface area (Å²) in [6.45, 7) is 4.98. The number of aromatic nitrogens is 3. The quantitative estimate of drug-likeness (QED) is 0.742. The summed E-state index contributed by atoms with van der Waals surface area (Å²) in [5.41, 5.74) is 2.53. The normalized spacial score (nSPS) is 17.5. The summed E-state index contributed by atoms with van der Waals surface area (Å²) in [6, 6.07) is 16.5. The first-order valence-corrected chi connectivity index (χ1v) is 9.28. The molecule has 5 nitrogen and oxygen atoms in total. The van der Waals surface area contributed by atoms with Crippen LogP contribution in [0.1, 0.15) is 17.8 Å². The maximum atomic E-state index is 4.50. The van der Waals surface area contributed by atoms with Gasteiger partial charge in [0.2, 0.25) is 0 Å². The Morgan fingerprint density at radius 1 is 0.962 bits per heavy atom. The molecule has 1 unspecified atom stereocenters. The molecule has 1 N–H and O–H groups in total. The molecule has 0 fully saturated rings. The maximum absolute atomic E-state index is 4.50. The molecule has 0 saturated carbocycles. The van der Waals surface area contributed by atoms with Crippen LogP contribution in [0.2, 0.25) is 0 Å². The number of anilines is 1. The monoisotopic (exact) mass is 347 g/mol. The van der Waals surface area contributed by atoms with E-state index in [0.29, 0.717) is 5.92 Å². The molecule has 5 heteroatoms. The highest BCUT2D eigenvalue weighted by atomic mass is 15.2. The summed E-state index contributed by atoms with van der Waals surface area (Å²) in [4.78, 5) is 11.4. The van der Waals surface area contributed by atoms with Crippen LogP contribution in [-0.2, 0) is 19.6 Å². The molecule has 4 heterocycles. The van der Waals surface area contributed by atoms with Gasteiger partial charge in [-0.15, -0.1) is 0 Å². The van der Waals surface area contributed by atoms with Crippen molar-refractivity contribution in [3.8, 4) is 0 Å². The summed E-state index contributed by atoms with van der Waals surface area (Å²) in [5, 5.41) is 3.44. The number of rotatable bonds is 6. The van der Waals surface area contributed by atoms with Crippen molar-refractivity contribution in [1.82, 2.24) is 19.4 Å². The second kappa shape index (κ2) is 8.15. The zero-order valence-electron chi connectivity index (χ0n) is 15.0. The van der Waals surface area contributed by atoms with Crippen molar-refractivity contribution in [2.75, 3.05) is 18.4 Å². The first-order valence-electron chi connectivity index (χ1n) is 9.28. The summed E-state index contributed by atoms with van der Waals surface area (Å²) < 4.78 is 2.41. The van der Waals surface area contributed by atoms with Crippen LogP contribution in [0.3, 0.4) is 0 Å². The van der Waals surface area contributed by atoms with Gasteiger partial charge in [-0.05, 0) is 48.7 Å².